The van der Waals surface area contributed by atoms with Gasteiger partial charge in [0.2, 0.25) is 0 Å². The van der Waals surface area contributed by atoms with Crippen LogP contribution in [0.4, 0.5) is 4.79 Å². The molecular weight excluding hydrogens is 270 g/mol. The number of carboxylic acid groups (broad SMARTS) is 1. The van der Waals surface area contributed by atoms with Crippen LogP contribution in [0.2, 0.25) is 0 Å². The van der Waals surface area contributed by atoms with E-state index in [1.165, 1.54) is 4.68 Å². The van der Waals surface area contributed by atoms with Crippen LogP contribution in [-0.2, 0) is 11.2 Å². The predicted octanol–water partition coefficient (Wildman–Crippen LogP) is 1.75. The van der Waals surface area contributed by atoms with Gasteiger partial charge in [0.15, 0.2) is 0 Å². The van der Waals surface area contributed by atoms with E-state index in [0.717, 1.165) is 5.56 Å². The van der Waals surface area contributed by atoms with Gasteiger partial charge in [0.05, 0.1) is 5.69 Å². The Morgan fingerprint density at radius 2 is 1.95 bits per heavy atom. The lowest BCUT2D eigenvalue weighted by Crippen LogP contribution is -2.44. The largest absolute Gasteiger partial charge is 0.480 e. The number of aryl methyl sites for hydroxylation is 2. The van der Waals surface area contributed by atoms with Gasteiger partial charge in [0.1, 0.15) is 6.04 Å². The van der Waals surface area contributed by atoms with Crippen molar-refractivity contribution in [2.24, 2.45) is 0 Å². The Bertz CT molecular complexity index is 649. The van der Waals surface area contributed by atoms with Gasteiger partial charge in [-0.15, -0.1) is 0 Å². The lowest BCUT2D eigenvalue weighted by molar-refractivity contribution is -0.139. The molecular formula is C15H17N3O3. The first kappa shape index (κ1) is 14.8. The van der Waals surface area contributed by atoms with Crippen molar-refractivity contribution in [3.63, 3.8) is 0 Å². The number of benzene rings is 1. The Balaban J connectivity index is 2.11. The van der Waals surface area contributed by atoms with Crippen molar-refractivity contribution in [2.45, 2.75) is 26.3 Å². The minimum absolute atomic E-state index is 0.223. The number of nitrogens with zero attached hydrogens (tertiary/aromatic N) is 2. The van der Waals surface area contributed by atoms with Crippen molar-refractivity contribution in [1.82, 2.24) is 15.1 Å². The molecule has 0 saturated carbocycles. The lowest BCUT2D eigenvalue weighted by atomic mass is 10.1. The molecule has 0 fully saturated rings. The molecule has 1 aromatic heterocycles. The Morgan fingerprint density at radius 1 is 1.29 bits per heavy atom. The topological polar surface area (TPSA) is 84.2 Å². The van der Waals surface area contributed by atoms with Crippen molar-refractivity contribution >= 4 is 12.0 Å². The monoisotopic (exact) mass is 287 g/mol. The van der Waals surface area contributed by atoms with Crippen molar-refractivity contribution in [3.8, 4) is 0 Å². The van der Waals surface area contributed by atoms with Gasteiger partial charge in [-0.2, -0.15) is 9.78 Å². The van der Waals surface area contributed by atoms with E-state index in [1.807, 2.05) is 30.3 Å². The highest BCUT2D eigenvalue weighted by molar-refractivity contribution is 5.84. The molecule has 6 heteroatoms. The summed E-state index contributed by atoms with van der Waals surface area (Å²) < 4.78 is 1.18. The molecule has 0 spiro atoms. The summed E-state index contributed by atoms with van der Waals surface area (Å²) in [6.07, 6.45) is 0.223. The first-order chi connectivity index (χ1) is 9.97. The minimum atomic E-state index is -1.08. The average molecular weight is 287 g/mol. The molecule has 0 radical (unpaired) electrons. The zero-order valence-electron chi connectivity index (χ0n) is 11.9. The summed E-state index contributed by atoms with van der Waals surface area (Å²) in [4.78, 5) is 23.4. The van der Waals surface area contributed by atoms with E-state index >= 15 is 0 Å². The van der Waals surface area contributed by atoms with Gasteiger partial charge in [-0.25, -0.2) is 9.59 Å². The Hall–Kier alpha value is -2.63. The van der Waals surface area contributed by atoms with Gasteiger partial charge in [-0.1, -0.05) is 30.3 Å². The van der Waals surface area contributed by atoms with Gasteiger partial charge in [-0.05, 0) is 25.5 Å². The Labute approximate surface area is 122 Å². The van der Waals surface area contributed by atoms with Crippen LogP contribution in [0.15, 0.2) is 36.4 Å². The second-order valence-corrected chi connectivity index (χ2v) is 4.87. The average Bonchev–Trinajstić information content (AvgIpc) is 2.78. The molecule has 21 heavy (non-hydrogen) atoms. The number of rotatable bonds is 4. The van der Waals surface area contributed by atoms with Crippen LogP contribution in [0.1, 0.15) is 17.0 Å². The molecule has 2 N–H and O–H groups in total. The maximum absolute atomic E-state index is 12.1. The quantitative estimate of drug-likeness (QED) is 0.897. The lowest BCUT2D eigenvalue weighted by Gasteiger charge is -2.15. The van der Waals surface area contributed by atoms with Crippen LogP contribution < -0.4 is 5.32 Å². The highest BCUT2D eigenvalue weighted by Crippen LogP contribution is 2.05. The third kappa shape index (κ3) is 3.68. The first-order valence-corrected chi connectivity index (χ1v) is 6.58. The van der Waals surface area contributed by atoms with Gasteiger partial charge in [-0.3, -0.25) is 0 Å². The molecule has 110 valence electrons. The van der Waals surface area contributed by atoms with Crippen molar-refractivity contribution in [3.05, 3.63) is 53.3 Å². The fraction of sp³-hybridized carbons (Fsp3) is 0.267. The van der Waals surface area contributed by atoms with E-state index in [4.69, 9.17) is 0 Å². The number of aliphatic carboxylic acids is 1. The number of hydrogen-bond acceptors (Lipinski definition) is 3. The van der Waals surface area contributed by atoms with Crippen molar-refractivity contribution in [1.29, 1.82) is 0 Å². The summed E-state index contributed by atoms with van der Waals surface area (Å²) in [5.41, 5.74) is 2.21. The summed E-state index contributed by atoms with van der Waals surface area (Å²) in [5.74, 6) is -1.08. The van der Waals surface area contributed by atoms with E-state index in [1.54, 1.807) is 19.9 Å². The SMILES string of the molecule is Cc1cc(C)n(C(=O)N[C@@H](Cc2ccccc2)C(=O)O)n1. The summed E-state index contributed by atoms with van der Waals surface area (Å²) in [5, 5.41) is 15.8. The molecule has 0 aliphatic rings. The van der Waals surface area contributed by atoms with E-state index in [2.05, 4.69) is 10.4 Å². The van der Waals surface area contributed by atoms with Crippen molar-refractivity contribution < 1.29 is 14.7 Å². The van der Waals surface area contributed by atoms with Gasteiger partial charge in [0.25, 0.3) is 0 Å². The maximum Gasteiger partial charge on any atom is 0.343 e. The normalized spacial score (nSPS) is 11.9. The fourth-order valence-corrected chi connectivity index (χ4v) is 2.09. The van der Waals surface area contributed by atoms with E-state index in [9.17, 15) is 14.7 Å². The van der Waals surface area contributed by atoms with Crippen LogP contribution >= 0.6 is 0 Å². The molecule has 2 aromatic rings. The zero-order valence-corrected chi connectivity index (χ0v) is 11.9. The Morgan fingerprint density at radius 3 is 2.48 bits per heavy atom. The first-order valence-electron chi connectivity index (χ1n) is 6.58. The number of hydrogen-bond donors (Lipinski definition) is 2. The fourth-order valence-electron chi connectivity index (χ4n) is 2.09. The molecule has 2 rings (SSSR count). The molecule has 0 aliphatic heterocycles. The van der Waals surface area contributed by atoms with Crippen molar-refractivity contribution in [2.75, 3.05) is 0 Å². The van der Waals surface area contributed by atoms with Crippen LogP contribution in [0.25, 0.3) is 0 Å². The zero-order chi connectivity index (χ0) is 15.4. The number of carbonyl (C=O) groups excluding carboxylic acids is 1. The van der Waals surface area contributed by atoms with Crippen LogP contribution in [0.3, 0.4) is 0 Å². The molecule has 0 aliphatic carbocycles. The molecule has 0 bridgehead atoms. The number of nitrogens with one attached hydrogen (secondary N) is 1. The second-order valence-electron chi connectivity index (χ2n) is 4.87. The third-order valence-electron chi connectivity index (χ3n) is 3.08. The van der Waals surface area contributed by atoms with E-state index < -0.39 is 18.0 Å². The molecule has 1 aromatic carbocycles. The van der Waals surface area contributed by atoms with E-state index in [-0.39, 0.29) is 6.42 Å². The molecule has 0 saturated heterocycles. The maximum atomic E-state index is 12.1. The van der Waals surface area contributed by atoms with E-state index in [0.29, 0.717) is 11.4 Å². The minimum Gasteiger partial charge on any atom is -0.480 e. The standard InChI is InChI=1S/C15H17N3O3/c1-10-8-11(2)18(17-10)15(21)16-13(14(19)20)9-12-6-4-3-5-7-12/h3-8,13H,9H2,1-2H3,(H,16,21)(H,19,20)/t13-/m0/s1. The van der Waals surface area contributed by atoms with Crippen LogP contribution in [0.5, 0.6) is 0 Å². The molecule has 1 heterocycles. The molecule has 0 unspecified atom stereocenters. The number of carboxylic acids is 1. The third-order valence-corrected chi connectivity index (χ3v) is 3.08. The van der Waals surface area contributed by atoms with Crippen LogP contribution in [0, 0.1) is 13.8 Å². The second kappa shape index (κ2) is 6.21. The molecule has 6 nitrogen and oxygen atoms in total. The number of aromatic nitrogens is 2. The summed E-state index contributed by atoms with van der Waals surface area (Å²) in [6, 6.07) is 9.39. The molecule has 1 atom stereocenters. The number of carbonyl (C=O) groups is 2. The highest BCUT2D eigenvalue weighted by Gasteiger charge is 2.22. The summed E-state index contributed by atoms with van der Waals surface area (Å²) >= 11 is 0. The predicted molar refractivity (Wildman–Crippen MR) is 77.2 cm³/mol. The summed E-state index contributed by atoms with van der Waals surface area (Å²) in [6.45, 7) is 3.52. The van der Waals surface area contributed by atoms with Gasteiger partial charge < -0.3 is 10.4 Å². The van der Waals surface area contributed by atoms with Crippen LogP contribution in [-0.4, -0.2) is 32.9 Å². The number of amides is 1. The van der Waals surface area contributed by atoms with Gasteiger partial charge in [0, 0.05) is 12.1 Å². The molecule has 1 amide bonds. The smallest absolute Gasteiger partial charge is 0.343 e. The van der Waals surface area contributed by atoms with Gasteiger partial charge >= 0.3 is 12.0 Å². The Kier molecular flexibility index (Phi) is 4.37. The summed E-state index contributed by atoms with van der Waals surface area (Å²) in [7, 11) is 0. The highest BCUT2D eigenvalue weighted by atomic mass is 16.4.